The number of ether oxygens (including phenoxy) is 1. The van der Waals surface area contributed by atoms with Crippen LogP contribution in [0.2, 0.25) is 0 Å². The zero-order chi connectivity index (χ0) is 27.0. The molecule has 0 unspecified atom stereocenters. The summed E-state index contributed by atoms with van der Waals surface area (Å²) in [5, 5.41) is 4.42. The first-order valence-corrected chi connectivity index (χ1v) is 14.7. The molecule has 5 nitrogen and oxygen atoms in total. The van der Waals surface area contributed by atoms with Crippen LogP contribution in [0.1, 0.15) is 70.3 Å². The summed E-state index contributed by atoms with van der Waals surface area (Å²) in [6.45, 7) is 7.93. The van der Waals surface area contributed by atoms with Crippen molar-refractivity contribution >= 4 is 55.0 Å². The number of rotatable bonds is 6. The molecule has 1 aliphatic carbocycles. The fourth-order valence-electron chi connectivity index (χ4n) is 5.09. The first-order chi connectivity index (χ1) is 18.2. The Morgan fingerprint density at radius 3 is 2.74 bits per heavy atom. The third-order valence-corrected chi connectivity index (χ3v) is 8.71. The number of pyridine rings is 1. The van der Waals surface area contributed by atoms with Gasteiger partial charge in [0.25, 0.3) is 5.91 Å². The molecule has 2 aromatic carbocycles. The molecule has 7 heteroatoms. The number of hydrogen-bond acceptors (Lipinski definition) is 5. The summed E-state index contributed by atoms with van der Waals surface area (Å²) in [6, 6.07) is 15.7. The highest BCUT2D eigenvalue weighted by Gasteiger charge is 2.31. The van der Waals surface area contributed by atoms with Crippen LogP contribution in [0, 0.1) is 12.8 Å². The molecule has 5 rings (SSSR count). The van der Waals surface area contributed by atoms with Crippen LogP contribution in [-0.4, -0.2) is 23.0 Å². The lowest BCUT2D eigenvalue weighted by Gasteiger charge is -2.21. The topological polar surface area (TPSA) is 68.3 Å². The zero-order valence-corrected chi connectivity index (χ0v) is 24.5. The molecule has 196 valence electrons. The molecule has 1 N–H and O–H groups in total. The Morgan fingerprint density at radius 1 is 1.18 bits per heavy atom. The van der Waals surface area contributed by atoms with E-state index in [2.05, 4.69) is 34.2 Å². The SMILES string of the molecule is CC[C@@H]1CCc2c(sc(NC(=O)c3cc(-c4cccc(C)c4)nc4ccc(Br)cc34)c2C(=O)OC(C)C)C1. The van der Waals surface area contributed by atoms with E-state index in [1.807, 2.05) is 63.2 Å². The molecular formula is C31H31BrN2O3S. The Hall–Kier alpha value is -3.03. The Kier molecular flexibility index (Phi) is 7.68. The maximum atomic E-state index is 13.9. The van der Waals surface area contributed by atoms with Gasteiger partial charge in [0.15, 0.2) is 0 Å². The molecular weight excluding hydrogens is 560 g/mol. The minimum Gasteiger partial charge on any atom is -0.459 e. The third-order valence-electron chi connectivity index (χ3n) is 7.05. The van der Waals surface area contributed by atoms with Gasteiger partial charge in [0.1, 0.15) is 5.00 Å². The first-order valence-electron chi connectivity index (χ1n) is 13.1. The fraction of sp³-hybridized carbons (Fsp3) is 0.323. The van der Waals surface area contributed by atoms with E-state index in [9.17, 15) is 9.59 Å². The Labute approximate surface area is 235 Å². The van der Waals surface area contributed by atoms with E-state index in [4.69, 9.17) is 9.72 Å². The van der Waals surface area contributed by atoms with Gasteiger partial charge in [-0.2, -0.15) is 0 Å². The summed E-state index contributed by atoms with van der Waals surface area (Å²) >= 11 is 5.05. The molecule has 1 atom stereocenters. The number of benzene rings is 2. The van der Waals surface area contributed by atoms with Crippen LogP contribution in [-0.2, 0) is 17.6 Å². The summed E-state index contributed by atoms with van der Waals surface area (Å²) < 4.78 is 6.48. The summed E-state index contributed by atoms with van der Waals surface area (Å²) in [7, 11) is 0. The van der Waals surface area contributed by atoms with Gasteiger partial charge >= 0.3 is 5.97 Å². The van der Waals surface area contributed by atoms with E-state index >= 15 is 0 Å². The number of amides is 1. The molecule has 1 aliphatic rings. The van der Waals surface area contributed by atoms with Crippen LogP contribution in [0.15, 0.2) is 53.0 Å². The number of nitrogens with zero attached hydrogens (tertiary/aromatic N) is 1. The molecule has 2 aromatic heterocycles. The highest BCUT2D eigenvalue weighted by Crippen LogP contribution is 2.41. The highest BCUT2D eigenvalue weighted by atomic mass is 79.9. The second kappa shape index (κ2) is 11.0. The van der Waals surface area contributed by atoms with E-state index in [0.29, 0.717) is 22.0 Å². The molecule has 0 saturated carbocycles. The minimum atomic E-state index is -0.370. The van der Waals surface area contributed by atoms with E-state index < -0.39 is 0 Å². The van der Waals surface area contributed by atoms with Crippen LogP contribution in [0.5, 0.6) is 0 Å². The van der Waals surface area contributed by atoms with Gasteiger partial charge in [-0.05, 0) is 81.8 Å². The molecule has 0 fully saturated rings. The van der Waals surface area contributed by atoms with E-state index in [1.54, 1.807) is 0 Å². The number of carbonyl (C=O) groups excluding carboxylic acids is 2. The summed E-state index contributed by atoms with van der Waals surface area (Å²) in [4.78, 5) is 33.2. The molecule has 1 amide bonds. The van der Waals surface area contributed by atoms with Crippen molar-refractivity contribution in [3.63, 3.8) is 0 Å². The number of anilines is 1. The van der Waals surface area contributed by atoms with Gasteiger partial charge in [-0.15, -0.1) is 11.3 Å². The number of thiophene rings is 1. The number of nitrogens with one attached hydrogen (secondary N) is 1. The summed E-state index contributed by atoms with van der Waals surface area (Å²) in [5.41, 5.74) is 5.58. The van der Waals surface area contributed by atoms with Crippen LogP contribution < -0.4 is 5.32 Å². The van der Waals surface area contributed by atoms with Crippen LogP contribution in [0.4, 0.5) is 5.00 Å². The van der Waals surface area contributed by atoms with Gasteiger partial charge in [-0.25, -0.2) is 9.78 Å². The van der Waals surface area contributed by atoms with Gasteiger partial charge in [-0.1, -0.05) is 53.0 Å². The number of aryl methyl sites for hydroxylation is 1. The molecule has 0 saturated heterocycles. The molecule has 0 aliphatic heterocycles. The monoisotopic (exact) mass is 590 g/mol. The molecule has 38 heavy (non-hydrogen) atoms. The third kappa shape index (κ3) is 5.40. The maximum absolute atomic E-state index is 13.9. The number of esters is 1. The van der Waals surface area contributed by atoms with Crippen molar-refractivity contribution in [1.29, 1.82) is 0 Å². The van der Waals surface area contributed by atoms with Crippen molar-refractivity contribution < 1.29 is 14.3 Å². The molecule has 0 radical (unpaired) electrons. The van der Waals surface area contributed by atoms with Crippen LogP contribution >= 0.6 is 27.3 Å². The Morgan fingerprint density at radius 2 is 2.00 bits per heavy atom. The van der Waals surface area contributed by atoms with E-state index in [1.165, 1.54) is 16.2 Å². The van der Waals surface area contributed by atoms with Crippen LogP contribution in [0.25, 0.3) is 22.2 Å². The zero-order valence-electron chi connectivity index (χ0n) is 22.1. The quantitative estimate of drug-likeness (QED) is 0.229. The number of hydrogen-bond donors (Lipinski definition) is 1. The maximum Gasteiger partial charge on any atom is 0.341 e. The largest absolute Gasteiger partial charge is 0.459 e. The van der Waals surface area contributed by atoms with Gasteiger partial charge in [0.05, 0.1) is 28.4 Å². The lowest BCUT2D eigenvalue weighted by molar-refractivity contribution is 0.0378. The first kappa shape index (κ1) is 26.6. The van der Waals surface area contributed by atoms with Gasteiger partial charge in [0.2, 0.25) is 0 Å². The Balaban J connectivity index is 1.59. The lowest BCUT2D eigenvalue weighted by atomic mass is 9.85. The van der Waals surface area contributed by atoms with Gasteiger partial charge in [-0.3, -0.25) is 4.79 Å². The normalized spacial score (nSPS) is 14.9. The minimum absolute atomic E-state index is 0.244. The predicted octanol–water partition coefficient (Wildman–Crippen LogP) is 8.37. The van der Waals surface area contributed by atoms with Crippen molar-refractivity contribution in [3.05, 3.63) is 80.1 Å². The highest BCUT2D eigenvalue weighted by molar-refractivity contribution is 9.10. The molecule has 0 bridgehead atoms. The fourth-order valence-corrected chi connectivity index (χ4v) is 6.79. The van der Waals surface area contributed by atoms with Crippen molar-refractivity contribution in [1.82, 2.24) is 4.98 Å². The van der Waals surface area contributed by atoms with E-state index in [-0.39, 0.29) is 18.0 Å². The summed E-state index contributed by atoms with van der Waals surface area (Å²) in [5.74, 6) is -0.0452. The number of carbonyl (C=O) groups is 2. The van der Waals surface area contributed by atoms with Crippen molar-refractivity contribution in [3.8, 4) is 11.3 Å². The number of fused-ring (bicyclic) bond motifs is 2. The molecule has 0 spiro atoms. The van der Waals surface area contributed by atoms with E-state index in [0.717, 1.165) is 63.4 Å². The van der Waals surface area contributed by atoms with Crippen molar-refractivity contribution in [2.24, 2.45) is 5.92 Å². The van der Waals surface area contributed by atoms with Crippen LogP contribution in [0.3, 0.4) is 0 Å². The summed E-state index contributed by atoms with van der Waals surface area (Å²) in [6.07, 6.45) is 3.65. The smallest absolute Gasteiger partial charge is 0.341 e. The molecule has 2 heterocycles. The second-order valence-corrected chi connectivity index (χ2v) is 12.2. The van der Waals surface area contributed by atoms with Gasteiger partial charge in [0, 0.05) is 20.3 Å². The van der Waals surface area contributed by atoms with Crippen molar-refractivity contribution in [2.45, 2.75) is 59.5 Å². The number of aromatic nitrogens is 1. The van der Waals surface area contributed by atoms with Gasteiger partial charge < -0.3 is 10.1 Å². The predicted molar refractivity (Wildman–Crippen MR) is 158 cm³/mol. The molecule has 4 aromatic rings. The second-order valence-electron chi connectivity index (χ2n) is 10.2. The standard InChI is InChI=1S/C31H31BrN2O3S/c1-5-19-9-11-22-27(14-19)38-30(28(22)31(36)37-17(2)3)34-29(35)24-16-26(20-8-6-7-18(4)13-20)33-25-12-10-21(32)15-23(24)25/h6-8,10,12-13,15-17,19H,5,9,11,14H2,1-4H3,(H,34,35)/t19-/m1/s1. The van der Waals surface area contributed by atoms with Crippen molar-refractivity contribution in [2.75, 3.05) is 5.32 Å². The average molecular weight is 592 g/mol. The Bertz CT molecular complexity index is 1540. The lowest BCUT2D eigenvalue weighted by Crippen LogP contribution is -2.19. The number of halogens is 1. The average Bonchev–Trinajstić information content (AvgIpc) is 3.24.